The summed E-state index contributed by atoms with van der Waals surface area (Å²) in [6.07, 6.45) is 3.17. The third-order valence-electron chi connectivity index (χ3n) is 2.88. The average molecular weight is 221 g/mol. The van der Waals surface area contributed by atoms with Crippen molar-refractivity contribution in [3.63, 3.8) is 0 Å². The van der Waals surface area contributed by atoms with Crippen LogP contribution in [0.1, 0.15) is 12.0 Å². The van der Waals surface area contributed by atoms with Gasteiger partial charge in [-0.2, -0.15) is 0 Å². The molecule has 5 heteroatoms. The summed E-state index contributed by atoms with van der Waals surface area (Å²) in [5, 5.41) is 0. The summed E-state index contributed by atoms with van der Waals surface area (Å²) in [7, 11) is 3.28. The van der Waals surface area contributed by atoms with Gasteiger partial charge < -0.3 is 15.4 Å². The first-order chi connectivity index (χ1) is 7.63. The molecule has 1 atom stereocenters. The van der Waals surface area contributed by atoms with E-state index < -0.39 is 6.04 Å². The Labute approximate surface area is 94.2 Å². The van der Waals surface area contributed by atoms with Gasteiger partial charge in [0.15, 0.2) is 0 Å². The van der Waals surface area contributed by atoms with Crippen molar-refractivity contribution in [1.29, 1.82) is 0 Å². The molecule has 0 saturated heterocycles. The Morgan fingerprint density at radius 1 is 1.62 bits per heavy atom. The van der Waals surface area contributed by atoms with E-state index in [0.717, 1.165) is 17.7 Å². The van der Waals surface area contributed by atoms with Crippen LogP contribution in [0, 0.1) is 0 Å². The van der Waals surface area contributed by atoms with Crippen LogP contribution in [0.3, 0.4) is 0 Å². The molecule has 1 aromatic rings. The number of hydrogen-bond acceptors (Lipinski definition) is 4. The molecule has 0 unspecified atom stereocenters. The van der Waals surface area contributed by atoms with Crippen molar-refractivity contribution in [2.45, 2.75) is 18.9 Å². The highest BCUT2D eigenvalue weighted by molar-refractivity contribution is 5.98. The monoisotopic (exact) mass is 221 g/mol. The van der Waals surface area contributed by atoms with Gasteiger partial charge in [0.05, 0.1) is 18.8 Å². The number of aromatic nitrogens is 1. The Morgan fingerprint density at radius 3 is 3.06 bits per heavy atom. The van der Waals surface area contributed by atoms with E-state index in [4.69, 9.17) is 10.5 Å². The molecule has 0 saturated carbocycles. The van der Waals surface area contributed by atoms with Crippen LogP contribution in [-0.4, -0.2) is 31.1 Å². The highest BCUT2D eigenvalue weighted by atomic mass is 16.5. The van der Waals surface area contributed by atoms with Crippen LogP contribution in [0.25, 0.3) is 0 Å². The smallest absolute Gasteiger partial charge is 0.243 e. The first-order valence-corrected chi connectivity index (χ1v) is 5.19. The second-order valence-corrected chi connectivity index (χ2v) is 3.90. The maximum Gasteiger partial charge on any atom is 0.243 e. The molecule has 0 spiro atoms. The van der Waals surface area contributed by atoms with Crippen molar-refractivity contribution in [3.05, 3.63) is 17.8 Å². The van der Waals surface area contributed by atoms with Gasteiger partial charge in [-0.25, -0.2) is 4.98 Å². The minimum Gasteiger partial charge on any atom is -0.481 e. The third-order valence-corrected chi connectivity index (χ3v) is 2.88. The van der Waals surface area contributed by atoms with Crippen LogP contribution in [-0.2, 0) is 11.2 Å². The molecule has 0 bridgehead atoms. The standard InChI is InChI=1S/C11H15N3O2/c1-14-9-5-10(16-2)13-6-7(9)3-4-8(12)11(14)15/h5-6,8H,3-4,12H2,1-2H3/t8-/m0/s1. The Balaban J connectivity index is 2.45. The fraction of sp³-hybridized carbons (Fsp3) is 0.455. The first kappa shape index (κ1) is 10.9. The number of hydrogen-bond donors (Lipinski definition) is 1. The number of ether oxygens (including phenoxy) is 1. The maximum atomic E-state index is 11.8. The molecule has 1 aliphatic rings. The second kappa shape index (κ2) is 4.09. The fourth-order valence-corrected chi connectivity index (χ4v) is 1.87. The number of aryl methyl sites for hydroxylation is 1. The lowest BCUT2D eigenvalue weighted by Crippen LogP contribution is -2.40. The molecular weight excluding hydrogens is 206 g/mol. The molecule has 0 aromatic carbocycles. The van der Waals surface area contributed by atoms with Crippen molar-refractivity contribution in [3.8, 4) is 5.88 Å². The molecule has 5 nitrogen and oxygen atoms in total. The highest BCUT2D eigenvalue weighted by Gasteiger charge is 2.25. The number of fused-ring (bicyclic) bond motifs is 1. The van der Waals surface area contributed by atoms with E-state index in [1.165, 1.54) is 0 Å². The number of likely N-dealkylation sites (N-methyl/N-ethyl adjacent to an activating group) is 1. The van der Waals surface area contributed by atoms with Crippen LogP contribution < -0.4 is 15.4 Å². The van der Waals surface area contributed by atoms with E-state index in [-0.39, 0.29) is 5.91 Å². The number of pyridine rings is 1. The normalized spacial score (nSPS) is 20.3. The largest absolute Gasteiger partial charge is 0.481 e. The Kier molecular flexibility index (Phi) is 2.78. The van der Waals surface area contributed by atoms with Gasteiger partial charge in [0.2, 0.25) is 11.8 Å². The number of amides is 1. The van der Waals surface area contributed by atoms with Gasteiger partial charge in [-0.15, -0.1) is 0 Å². The summed E-state index contributed by atoms with van der Waals surface area (Å²) in [4.78, 5) is 17.6. The Morgan fingerprint density at radius 2 is 2.38 bits per heavy atom. The van der Waals surface area contributed by atoms with Gasteiger partial charge in [0.1, 0.15) is 0 Å². The second-order valence-electron chi connectivity index (χ2n) is 3.90. The summed E-state index contributed by atoms with van der Waals surface area (Å²) in [6.45, 7) is 0. The molecule has 16 heavy (non-hydrogen) atoms. The number of methoxy groups -OCH3 is 1. The number of nitrogens with two attached hydrogens (primary N) is 1. The molecule has 1 aliphatic heterocycles. The van der Waals surface area contributed by atoms with E-state index in [2.05, 4.69) is 4.98 Å². The van der Waals surface area contributed by atoms with Crippen molar-refractivity contribution < 1.29 is 9.53 Å². The van der Waals surface area contributed by atoms with Crippen LogP contribution in [0.15, 0.2) is 12.3 Å². The quantitative estimate of drug-likeness (QED) is 0.742. The Bertz CT molecular complexity index is 420. The lowest BCUT2D eigenvalue weighted by atomic mass is 10.1. The van der Waals surface area contributed by atoms with Crippen molar-refractivity contribution >= 4 is 11.6 Å². The van der Waals surface area contributed by atoms with Gasteiger partial charge in [-0.1, -0.05) is 0 Å². The maximum absolute atomic E-state index is 11.8. The molecular formula is C11H15N3O2. The number of nitrogens with zero attached hydrogens (tertiary/aromatic N) is 2. The van der Waals surface area contributed by atoms with Crippen molar-refractivity contribution in [1.82, 2.24) is 4.98 Å². The molecule has 1 aromatic heterocycles. The highest BCUT2D eigenvalue weighted by Crippen LogP contribution is 2.27. The first-order valence-electron chi connectivity index (χ1n) is 5.19. The summed E-state index contributed by atoms with van der Waals surface area (Å²) in [6, 6.07) is 1.34. The topological polar surface area (TPSA) is 68.5 Å². The minimum atomic E-state index is -0.427. The predicted molar refractivity (Wildman–Crippen MR) is 60.5 cm³/mol. The molecule has 2 rings (SSSR count). The molecule has 1 amide bonds. The summed E-state index contributed by atoms with van der Waals surface area (Å²) in [5.74, 6) is 0.445. The SMILES string of the molecule is COc1cc2c(cn1)CC[C@H](N)C(=O)N2C. The molecule has 0 radical (unpaired) electrons. The predicted octanol–water partition coefficient (Wildman–Crippen LogP) is 0.326. The van der Waals surface area contributed by atoms with Crippen LogP contribution in [0.5, 0.6) is 5.88 Å². The van der Waals surface area contributed by atoms with E-state index >= 15 is 0 Å². The van der Waals surface area contributed by atoms with Crippen LogP contribution >= 0.6 is 0 Å². The van der Waals surface area contributed by atoms with Crippen molar-refractivity contribution in [2.75, 3.05) is 19.1 Å². The van der Waals surface area contributed by atoms with E-state index in [1.807, 2.05) is 0 Å². The lowest BCUT2D eigenvalue weighted by Gasteiger charge is -2.19. The number of carbonyl (C=O) groups excluding carboxylic acids is 1. The van der Waals surface area contributed by atoms with Crippen LogP contribution in [0.4, 0.5) is 5.69 Å². The molecule has 2 heterocycles. The summed E-state index contributed by atoms with van der Waals surface area (Å²) < 4.78 is 5.05. The van der Waals surface area contributed by atoms with Gasteiger partial charge in [0, 0.05) is 19.3 Å². The fourth-order valence-electron chi connectivity index (χ4n) is 1.87. The van der Waals surface area contributed by atoms with Gasteiger partial charge in [-0.05, 0) is 18.4 Å². The van der Waals surface area contributed by atoms with E-state index in [0.29, 0.717) is 12.3 Å². The van der Waals surface area contributed by atoms with E-state index in [9.17, 15) is 4.79 Å². The van der Waals surface area contributed by atoms with Gasteiger partial charge >= 0.3 is 0 Å². The molecule has 86 valence electrons. The summed E-state index contributed by atoms with van der Waals surface area (Å²) in [5.41, 5.74) is 7.65. The molecule has 0 aliphatic carbocycles. The van der Waals surface area contributed by atoms with Gasteiger partial charge in [0.25, 0.3) is 0 Å². The zero-order chi connectivity index (χ0) is 11.7. The zero-order valence-electron chi connectivity index (χ0n) is 9.43. The van der Waals surface area contributed by atoms with E-state index in [1.54, 1.807) is 31.3 Å². The average Bonchev–Trinajstić information content (AvgIpc) is 2.42. The van der Waals surface area contributed by atoms with Crippen molar-refractivity contribution in [2.24, 2.45) is 5.73 Å². The lowest BCUT2D eigenvalue weighted by molar-refractivity contribution is -0.119. The molecule has 2 N–H and O–H groups in total. The zero-order valence-corrected chi connectivity index (χ0v) is 9.43. The molecule has 0 fully saturated rings. The minimum absolute atomic E-state index is 0.0630. The number of rotatable bonds is 1. The van der Waals surface area contributed by atoms with Crippen LogP contribution in [0.2, 0.25) is 0 Å². The summed E-state index contributed by atoms with van der Waals surface area (Å²) >= 11 is 0. The number of anilines is 1. The van der Waals surface area contributed by atoms with Gasteiger partial charge in [-0.3, -0.25) is 4.79 Å². The Hall–Kier alpha value is -1.62. The third kappa shape index (κ3) is 1.74. The number of carbonyl (C=O) groups is 1.